The second kappa shape index (κ2) is 17.2. The molecule has 0 fully saturated rings. The lowest BCUT2D eigenvalue weighted by atomic mass is 10.1. The molecule has 0 heterocycles. The minimum absolute atomic E-state index is 0.284. The maximum atomic E-state index is 11.3. The average molecular weight is 354 g/mol. The van der Waals surface area contributed by atoms with Crippen molar-refractivity contribution < 1.29 is 24.2 Å². The highest BCUT2D eigenvalue weighted by Crippen LogP contribution is 2.12. The molecule has 0 aromatic carbocycles. The number of hydrogen-bond donors (Lipinski definition) is 1. The van der Waals surface area contributed by atoms with Crippen LogP contribution in [0.5, 0.6) is 0 Å². The molecule has 0 unspecified atom stereocenters. The van der Waals surface area contributed by atoms with E-state index in [-0.39, 0.29) is 12.8 Å². The number of carboxylic acids is 1. The smallest absolute Gasteiger partial charge is 0.338 e. The Morgan fingerprint density at radius 1 is 0.800 bits per heavy atom. The lowest BCUT2D eigenvalue weighted by Crippen LogP contribution is -2.11. The fourth-order valence-electron chi connectivity index (χ4n) is 2.51. The fraction of sp³-hybridized carbons (Fsp3) is 0.750. The van der Waals surface area contributed by atoms with Crippen LogP contribution in [0.25, 0.3) is 0 Å². The van der Waals surface area contributed by atoms with Gasteiger partial charge in [-0.3, -0.25) is 9.59 Å². The summed E-state index contributed by atoms with van der Waals surface area (Å²) in [6.07, 6.45) is 17.2. The number of carbonyl (C=O) groups is 3. The Kier molecular flexibility index (Phi) is 16.0. The van der Waals surface area contributed by atoms with E-state index in [0.29, 0.717) is 0 Å². The van der Waals surface area contributed by atoms with Gasteiger partial charge in [-0.05, 0) is 12.8 Å². The van der Waals surface area contributed by atoms with Gasteiger partial charge in [-0.15, -0.1) is 0 Å². The van der Waals surface area contributed by atoms with Crippen LogP contribution in [-0.2, 0) is 19.1 Å². The molecule has 0 aromatic heterocycles. The standard InChI is InChI=1S/C20H34O5/c1-2-3-4-5-6-7-8-9-10-11-12-13-14-15-19(23)25-20(24)17-16-18(21)22/h14-15H,2-13,16-17H2,1H3,(H,21,22). The molecule has 0 bridgehead atoms. The summed E-state index contributed by atoms with van der Waals surface area (Å²) in [6.45, 7) is 2.24. The van der Waals surface area contributed by atoms with Crippen molar-refractivity contribution in [1.82, 2.24) is 0 Å². The van der Waals surface area contributed by atoms with Gasteiger partial charge >= 0.3 is 17.9 Å². The summed E-state index contributed by atoms with van der Waals surface area (Å²) in [5.74, 6) is -2.61. The summed E-state index contributed by atoms with van der Waals surface area (Å²) in [4.78, 5) is 32.8. The molecular formula is C20H34O5. The van der Waals surface area contributed by atoms with E-state index in [1.54, 1.807) is 6.08 Å². The molecule has 0 aliphatic rings. The van der Waals surface area contributed by atoms with Gasteiger partial charge in [-0.1, -0.05) is 77.2 Å². The Hall–Kier alpha value is -1.65. The normalized spacial score (nSPS) is 10.9. The van der Waals surface area contributed by atoms with Crippen molar-refractivity contribution in [2.45, 2.75) is 96.8 Å². The number of carbonyl (C=O) groups excluding carboxylic acids is 2. The van der Waals surface area contributed by atoms with E-state index in [0.717, 1.165) is 19.3 Å². The zero-order valence-corrected chi connectivity index (χ0v) is 15.6. The van der Waals surface area contributed by atoms with Crippen molar-refractivity contribution in [3.63, 3.8) is 0 Å². The molecule has 0 aliphatic heterocycles. The van der Waals surface area contributed by atoms with Crippen molar-refractivity contribution in [2.75, 3.05) is 0 Å². The van der Waals surface area contributed by atoms with Crippen LogP contribution in [0.15, 0.2) is 12.2 Å². The average Bonchev–Trinajstić information content (AvgIpc) is 2.57. The van der Waals surface area contributed by atoms with E-state index in [2.05, 4.69) is 11.7 Å². The first-order valence-corrected chi connectivity index (χ1v) is 9.69. The Morgan fingerprint density at radius 3 is 1.84 bits per heavy atom. The topological polar surface area (TPSA) is 80.7 Å². The Bertz CT molecular complexity index is 401. The largest absolute Gasteiger partial charge is 0.481 e. The van der Waals surface area contributed by atoms with Gasteiger partial charge in [0.05, 0.1) is 12.8 Å². The van der Waals surface area contributed by atoms with Crippen LogP contribution in [0, 0.1) is 0 Å². The Morgan fingerprint density at radius 2 is 1.32 bits per heavy atom. The number of carboxylic acid groups (broad SMARTS) is 1. The number of unbranched alkanes of at least 4 members (excludes halogenated alkanes) is 11. The third kappa shape index (κ3) is 18.5. The molecule has 144 valence electrons. The van der Waals surface area contributed by atoms with Gasteiger partial charge in [0.15, 0.2) is 0 Å². The monoisotopic (exact) mass is 354 g/mol. The first kappa shape index (κ1) is 23.4. The van der Waals surface area contributed by atoms with Gasteiger partial charge in [0.1, 0.15) is 0 Å². The summed E-state index contributed by atoms with van der Waals surface area (Å²) < 4.78 is 4.48. The van der Waals surface area contributed by atoms with Gasteiger partial charge in [0, 0.05) is 6.08 Å². The molecule has 0 spiro atoms. The Balaban J connectivity index is 3.40. The highest BCUT2D eigenvalue weighted by Gasteiger charge is 2.09. The van der Waals surface area contributed by atoms with Gasteiger partial charge in [0.2, 0.25) is 0 Å². The van der Waals surface area contributed by atoms with Crippen molar-refractivity contribution >= 4 is 17.9 Å². The lowest BCUT2D eigenvalue weighted by Gasteiger charge is -2.01. The van der Waals surface area contributed by atoms with Crippen LogP contribution in [0.1, 0.15) is 96.8 Å². The molecule has 5 heteroatoms. The molecule has 0 radical (unpaired) electrons. The summed E-state index contributed by atoms with van der Waals surface area (Å²) in [7, 11) is 0. The molecule has 0 aromatic rings. The number of aliphatic carboxylic acids is 1. The number of rotatable bonds is 16. The van der Waals surface area contributed by atoms with Gasteiger partial charge < -0.3 is 9.84 Å². The van der Waals surface area contributed by atoms with E-state index < -0.39 is 17.9 Å². The first-order chi connectivity index (χ1) is 12.1. The van der Waals surface area contributed by atoms with Gasteiger partial charge in [-0.2, -0.15) is 0 Å². The molecule has 0 rings (SSSR count). The van der Waals surface area contributed by atoms with Crippen LogP contribution in [-0.4, -0.2) is 23.0 Å². The molecule has 0 saturated carbocycles. The molecule has 0 amide bonds. The van der Waals surface area contributed by atoms with E-state index in [1.807, 2.05) is 0 Å². The fourth-order valence-corrected chi connectivity index (χ4v) is 2.51. The first-order valence-electron chi connectivity index (χ1n) is 9.69. The molecular weight excluding hydrogens is 320 g/mol. The SMILES string of the molecule is CCCCCCCCCCCCCC=CC(=O)OC(=O)CCC(=O)O. The van der Waals surface area contributed by atoms with Crippen LogP contribution in [0.4, 0.5) is 0 Å². The van der Waals surface area contributed by atoms with Crippen molar-refractivity contribution in [3.8, 4) is 0 Å². The second-order valence-electron chi connectivity index (χ2n) is 6.41. The second-order valence-corrected chi connectivity index (χ2v) is 6.41. The number of esters is 2. The van der Waals surface area contributed by atoms with Crippen molar-refractivity contribution in [1.29, 1.82) is 0 Å². The molecule has 0 atom stereocenters. The number of allylic oxidation sites excluding steroid dienone is 1. The highest BCUT2D eigenvalue weighted by atomic mass is 16.6. The summed E-state index contributed by atoms with van der Waals surface area (Å²) in [6, 6.07) is 0. The third-order valence-corrected chi connectivity index (χ3v) is 3.99. The minimum Gasteiger partial charge on any atom is -0.481 e. The zero-order chi connectivity index (χ0) is 18.8. The predicted molar refractivity (Wildman–Crippen MR) is 98.2 cm³/mol. The molecule has 25 heavy (non-hydrogen) atoms. The zero-order valence-electron chi connectivity index (χ0n) is 15.6. The summed E-state index contributed by atoms with van der Waals surface area (Å²) in [5.41, 5.74) is 0. The number of ether oxygens (including phenoxy) is 1. The third-order valence-electron chi connectivity index (χ3n) is 3.99. The minimum atomic E-state index is -1.09. The van der Waals surface area contributed by atoms with Crippen LogP contribution in [0.3, 0.4) is 0 Å². The van der Waals surface area contributed by atoms with E-state index in [4.69, 9.17) is 5.11 Å². The van der Waals surface area contributed by atoms with E-state index >= 15 is 0 Å². The van der Waals surface area contributed by atoms with Crippen LogP contribution < -0.4 is 0 Å². The maximum Gasteiger partial charge on any atom is 0.338 e. The lowest BCUT2D eigenvalue weighted by molar-refractivity contribution is -0.157. The molecule has 0 aliphatic carbocycles. The van der Waals surface area contributed by atoms with Crippen LogP contribution in [0.2, 0.25) is 0 Å². The van der Waals surface area contributed by atoms with E-state index in [9.17, 15) is 14.4 Å². The molecule has 1 N–H and O–H groups in total. The maximum absolute atomic E-state index is 11.3. The van der Waals surface area contributed by atoms with Crippen molar-refractivity contribution in [2.24, 2.45) is 0 Å². The highest BCUT2D eigenvalue weighted by molar-refractivity contribution is 5.92. The van der Waals surface area contributed by atoms with Crippen LogP contribution >= 0.6 is 0 Å². The van der Waals surface area contributed by atoms with Gasteiger partial charge in [0.25, 0.3) is 0 Å². The molecule has 0 saturated heterocycles. The quantitative estimate of drug-likeness (QED) is 0.179. The predicted octanol–water partition coefficient (Wildman–Crippen LogP) is 5.18. The molecule has 5 nitrogen and oxygen atoms in total. The number of hydrogen-bond acceptors (Lipinski definition) is 4. The summed E-state index contributed by atoms with van der Waals surface area (Å²) >= 11 is 0. The summed E-state index contributed by atoms with van der Waals surface area (Å²) in [5, 5.41) is 8.43. The van der Waals surface area contributed by atoms with Gasteiger partial charge in [-0.25, -0.2) is 4.79 Å². The van der Waals surface area contributed by atoms with E-state index in [1.165, 1.54) is 63.9 Å². The Labute approximate surface area is 151 Å². The van der Waals surface area contributed by atoms with Crippen molar-refractivity contribution in [3.05, 3.63) is 12.2 Å².